The van der Waals surface area contributed by atoms with E-state index in [0.717, 1.165) is 21.6 Å². The number of aromatic nitrogens is 2. The standard InChI is InChI=1S/C11H13Cl2N3S/c1-7-3-17-9-8(7)14-6-15-10(9)16-11(2,4-12)5-13/h3,6H,4-5H2,1-2H3,(H,14,15,16). The first-order chi connectivity index (χ1) is 8.09. The predicted molar refractivity (Wildman–Crippen MR) is 75.6 cm³/mol. The lowest BCUT2D eigenvalue weighted by atomic mass is 10.1. The molecule has 0 spiro atoms. The Labute approximate surface area is 114 Å². The highest BCUT2D eigenvalue weighted by atomic mass is 35.5. The highest BCUT2D eigenvalue weighted by Crippen LogP contribution is 2.30. The summed E-state index contributed by atoms with van der Waals surface area (Å²) in [6.45, 7) is 4.01. The summed E-state index contributed by atoms with van der Waals surface area (Å²) in [4.78, 5) is 8.55. The van der Waals surface area contributed by atoms with E-state index in [-0.39, 0.29) is 5.54 Å². The molecule has 0 aliphatic carbocycles. The van der Waals surface area contributed by atoms with Crippen molar-refractivity contribution in [3.8, 4) is 0 Å². The van der Waals surface area contributed by atoms with Crippen LogP contribution < -0.4 is 5.32 Å². The summed E-state index contributed by atoms with van der Waals surface area (Å²) in [5.41, 5.74) is 1.79. The maximum atomic E-state index is 5.93. The van der Waals surface area contributed by atoms with Crippen LogP contribution in [0.5, 0.6) is 0 Å². The molecular weight excluding hydrogens is 277 g/mol. The molecule has 2 heterocycles. The fraction of sp³-hybridized carbons (Fsp3) is 0.455. The highest BCUT2D eigenvalue weighted by Gasteiger charge is 2.23. The van der Waals surface area contributed by atoms with E-state index in [9.17, 15) is 0 Å². The van der Waals surface area contributed by atoms with Crippen molar-refractivity contribution in [3.05, 3.63) is 17.3 Å². The van der Waals surface area contributed by atoms with Crippen LogP contribution in [0.15, 0.2) is 11.7 Å². The highest BCUT2D eigenvalue weighted by molar-refractivity contribution is 7.18. The smallest absolute Gasteiger partial charge is 0.147 e. The van der Waals surface area contributed by atoms with Crippen LogP contribution in [0.25, 0.3) is 10.2 Å². The van der Waals surface area contributed by atoms with Crippen LogP contribution in [-0.4, -0.2) is 27.3 Å². The second-order valence-electron chi connectivity index (χ2n) is 4.27. The second kappa shape index (κ2) is 4.96. The summed E-state index contributed by atoms with van der Waals surface area (Å²) in [5.74, 6) is 1.65. The van der Waals surface area contributed by atoms with Crippen LogP contribution in [-0.2, 0) is 0 Å². The van der Waals surface area contributed by atoms with Gasteiger partial charge in [-0.2, -0.15) is 0 Å². The van der Waals surface area contributed by atoms with Crippen molar-refractivity contribution in [1.29, 1.82) is 0 Å². The molecule has 0 saturated heterocycles. The Morgan fingerprint density at radius 2 is 2.06 bits per heavy atom. The lowest BCUT2D eigenvalue weighted by Crippen LogP contribution is -2.39. The summed E-state index contributed by atoms with van der Waals surface area (Å²) in [5, 5.41) is 5.38. The number of aryl methyl sites for hydroxylation is 1. The summed E-state index contributed by atoms with van der Waals surface area (Å²) < 4.78 is 1.05. The zero-order valence-electron chi connectivity index (χ0n) is 9.63. The number of thiophene rings is 1. The van der Waals surface area contributed by atoms with Crippen molar-refractivity contribution < 1.29 is 0 Å². The van der Waals surface area contributed by atoms with Gasteiger partial charge in [-0.05, 0) is 24.8 Å². The topological polar surface area (TPSA) is 37.8 Å². The average molecular weight is 290 g/mol. The molecule has 17 heavy (non-hydrogen) atoms. The first-order valence-electron chi connectivity index (χ1n) is 5.18. The fourth-order valence-electron chi connectivity index (χ4n) is 1.45. The van der Waals surface area contributed by atoms with E-state index in [4.69, 9.17) is 23.2 Å². The summed E-state index contributed by atoms with van der Waals surface area (Å²) >= 11 is 13.5. The molecule has 0 fully saturated rings. The van der Waals surface area contributed by atoms with Crippen LogP contribution in [0.2, 0.25) is 0 Å². The van der Waals surface area contributed by atoms with Gasteiger partial charge in [0.1, 0.15) is 12.1 Å². The van der Waals surface area contributed by atoms with Gasteiger partial charge in [-0.25, -0.2) is 9.97 Å². The Morgan fingerprint density at radius 3 is 2.71 bits per heavy atom. The van der Waals surface area contributed by atoms with Crippen LogP contribution in [0, 0.1) is 6.92 Å². The number of hydrogen-bond acceptors (Lipinski definition) is 4. The maximum Gasteiger partial charge on any atom is 0.147 e. The van der Waals surface area contributed by atoms with Gasteiger partial charge in [0.2, 0.25) is 0 Å². The fourth-order valence-corrected chi connectivity index (χ4v) is 2.81. The molecule has 0 aliphatic rings. The lowest BCUT2D eigenvalue weighted by Gasteiger charge is -2.26. The number of halogens is 2. The SMILES string of the molecule is Cc1csc2c(NC(C)(CCl)CCl)ncnc12. The molecule has 0 radical (unpaired) electrons. The van der Waals surface area contributed by atoms with Gasteiger partial charge < -0.3 is 5.32 Å². The van der Waals surface area contributed by atoms with Crippen molar-refractivity contribution in [2.45, 2.75) is 19.4 Å². The van der Waals surface area contributed by atoms with Crippen LogP contribution in [0.1, 0.15) is 12.5 Å². The molecule has 0 aromatic carbocycles. The minimum atomic E-state index is -0.359. The molecule has 0 amide bonds. The van der Waals surface area contributed by atoms with Gasteiger partial charge >= 0.3 is 0 Å². The van der Waals surface area contributed by atoms with Gasteiger partial charge in [-0.15, -0.1) is 34.5 Å². The monoisotopic (exact) mass is 289 g/mol. The first-order valence-corrected chi connectivity index (χ1v) is 7.13. The molecule has 0 bridgehead atoms. The van der Waals surface area contributed by atoms with Crippen molar-refractivity contribution in [1.82, 2.24) is 9.97 Å². The predicted octanol–water partition coefficient (Wildman–Crippen LogP) is 3.65. The third kappa shape index (κ3) is 2.49. The molecule has 1 N–H and O–H groups in total. The van der Waals surface area contributed by atoms with Crippen molar-refractivity contribution in [3.63, 3.8) is 0 Å². The minimum absolute atomic E-state index is 0.359. The van der Waals surface area contributed by atoms with Crippen LogP contribution in [0.4, 0.5) is 5.82 Å². The van der Waals surface area contributed by atoms with Gasteiger partial charge in [0.25, 0.3) is 0 Å². The third-order valence-electron chi connectivity index (χ3n) is 2.54. The van der Waals surface area contributed by atoms with E-state index in [1.165, 1.54) is 0 Å². The molecular formula is C11H13Cl2N3S. The largest absolute Gasteiger partial charge is 0.361 e. The second-order valence-corrected chi connectivity index (χ2v) is 5.69. The number of fused-ring (bicyclic) bond motifs is 1. The Kier molecular flexibility index (Phi) is 3.76. The molecule has 2 rings (SSSR count). The van der Waals surface area contributed by atoms with Gasteiger partial charge in [0.15, 0.2) is 0 Å². The van der Waals surface area contributed by atoms with Crippen molar-refractivity contribution >= 4 is 50.6 Å². The Morgan fingerprint density at radius 1 is 1.35 bits per heavy atom. The van der Waals surface area contributed by atoms with E-state index < -0.39 is 0 Å². The van der Waals surface area contributed by atoms with Crippen LogP contribution in [0.3, 0.4) is 0 Å². The molecule has 2 aromatic rings. The average Bonchev–Trinajstić information content (AvgIpc) is 2.72. The minimum Gasteiger partial charge on any atom is -0.361 e. The van der Waals surface area contributed by atoms with E-state index >= 15 is 0 Å². The summed E-state index contributed by atoms with van der Waals surface area (Å²) in [6.07, 6.45) is 1.56. The van der Waals surface area contributed by atoms with Crippen LogP contribution >= 0.6 is 34.5 Å². The molecule has 92 valence electrons. The lowest BCUT2D eigenvalue weighted by molar-refractivity contribution is 0.646. The first kappa shape index (κ1) is 12.9. The number of nitrogens with one attached hydrogen (secondary N) is 1. The quantitative estimate of drug-likeness (QED) is 0.873. The Balaban J connectivity index is 2.42. The maximum absolute atomic E-state index is 5.93. The Hall–Kier alpha value is -0.580. The molecule has 0 unspecified atom stereocenters. The van der Waals surface area contributed by atoms with Gasteiger partial charge in [-0.3, -0.25) is 0 Å². The van der Waals surface area contributed by atoms with Gasteiger partial charge in [0, 0.05) is 11.8 Å². The van der Waals surface area contributed by atoms with E-state index in [2.05, 4.69) is 20.7 Å². The molecule has 6 heteroatoms. The zero-order valence-corrected chi connectivity index (χ0v) is 12.0. The molecule has 0 atom stereocenters. The Bertz CT molecular complexity index is 522. The van der Waals surface area contributed by atoms with Gasteiger partial charge in [0.05, 0.1) is 15.8 Å². The summed E-state index contributed by atoms with van der Waals surface area (Å²) in [7, 11) is 0. The van der Waals surface area contributed by atoms with E-state index in [1.54, 1.807) is 17.7 Å². The number of rotatable bonds is 4. The van der Waals surface area contributed by atoms with E-state index in [1.807, 2.05) is 13.8 Å². The number of alkyl halides is 2. The normalized spacial score (nSPS) is 12.0. The third-order valence-corrected chi connectivity index (χ3v) is 4.81. The van der Waals surface area contributed by atoms with Crippen molar-refractivity contribution in [2.24, 2.45) is 0 Å². The van der Waals surface area contributed by atoms with Crippen molar-refractivity contribution in [2.75, 3.05) is 17.1 Å². The molecule has 3 nitrogen and oxygen atoms in total. The zero-order chi connectivity index (χ0) is 12.5. The number of hydrogen-bond donors (Lipinski definition) is 1. The summed E-state index contributed by atoms with van der Waals surface area (Å²) in [6, 6.07) is 0. The molecule has 0 saturated carbocycles. The molecule has 0 aliphatic heterocycles. The number of nitrogens with zero attached hydrogens (tertiary/aromatic N) is 2. The van der Waals surface area contributed by atoms with E-state index in [0.29, 0.717) is 11.8 Å². The van der Waals surface area contributed by atoms with Gasteiger partial charge in [-0.1, -0.05) is 0 Å². The molecule has 2 aromatic heterocycles. The number of anilines is 1.